The highest BCUT2D eigenvalue weighted by molar-refractivity contribution is 5.91. The van der Waals surface area contributed by atoms with Crippen molar-refractivity contribution in [3.8, 4) is 17.2 Å². The highest BCUT2D eigenvalue weighted by atomic mass is 16.5. The molecule has 0 unspecified atom stereocenters. The molecule has 0 aliphatic rings. The van der Waals surface area contributed by atoms with E-state index in [1.54, 1.807) is 30.3 Å². The molecule has 7 heteroatoms. The lowest BCUT2D eigenvalue weighted by molar-refractivity contribution is -0.140. The number of esters is 3. The van der Waals surface area contributed by atoms with Crippen molar-refractivity contribution in [2.75, 3.05) is 0 Å². The van der Waals surface area contributed by atoms with Gasteiger partial charge in [-0.2, -0.15) is 0 Å². The molecule has 0 N–H and O–H groups in total. The zero-order valence-electron chi connectivity index (χ0n) is 16.3. The maximum Gasteiger partial charge on any atom is 0.343 e. The molecule has 3 aromatic carbocycles. The molecule has 7 nitrogen and oxygen atoms in total. The van der Waals surface area contributed by atoms with E-state index in [0.717, 1.165) is 0 Å². The number of hydrogen-bond donors (Lipinski definition) is 0. The molecular formula is C24H17NO6. The first kappa shape index (κ1) is 21.3. The average Bonchev–Trinajstić information content (AvgIpc) is 2.80. The van der Waals surface area contributed by atoms with Gasteiger partial charge in [0, 0.05) is 0 Å². The third-order valence-electron chi connectivity index (χ3n) is 4.01. The van der Waals surface area contributed by atoms with Crippen molar-refractivity contribution in [2.45, 2.75) is 12.8 Å². The molecular weight excluding hydrogens is 398 g/mol. The van der Waals surface area contributed by atoms with Gasteiger partial charge < -0.3 is 14.2 Å². The monoisotopic (exact) mass is 415 g/mol. The van der Waals surface area contributed by atoms with Crippen LogP contribution in [-0.2, 0) is 9.59 Å². The van der Waals surface area contributed by atoms with Gasteiger partial charge >= 0.3 is 17.9 Å². The molecule has 154 valence electrons. The Bertz CT molecular complexity index is 1100. The van der Waals surface area contributed by atoms with Gasteiger partial charge in [-0.25, -0.2) is 9.64 Å². The van der Waals surface area contributed by atoms with E-state index in [4.69, 9.17) is 20.8 Å². The summed E-state index contributed by atoms with van der Waals surface area (Å²) in [5.41, 5.74) is 0.737. The van der Waals surface area contributed by atoms with Gasteiger partial charge in [-0.3, -0.25) is 9.59 Å². The molecule has 0 aliphatic carbocycles. The van der Waals surface area contributed by atoms with Crippen LogP contribution in [0.1, 0.15) is 23.2 Å². The smallest absolute Gasteiger partial charge is 0.343 e. The standard InChI is InChI=1S/C24H17NO6/c1-25-18-9-7-17(8-10-18)24(28)31-21-13-11-20(12-14-21)30-23(27)16-15-22(26)29-19-5-3-2-4-6-19/h2-14H,15-16H2. The van der Waals surface area contributed by atoms with E-state index < -0.39 is 17.9 Å². The molecule has 0 heterocycles. The lowest BCUT2D eigenvalue weighted by Gasteiger charge is -2.07. The molecule has 0 radical (unpaired) electrons. The Labute approximate surface area is 178 Å². The number of nitrogens with zero attached hydrogens (tertiary/aromatic N) is 1. The van der Waals surface area contributed by atoms with Crippen LogP contribution in [-0.4, -0.2) is 17.9 Å². The summed E-state index contributed by atoms with van der Waals surface area (Å²) >= 11 is 0. The first-order valence-electron chi connectivity index (χ1n) is 9.29. The van der Waals surface area contributed by atoms with Crippen molar-refractivity contribution in [3.63, 3.8) is 0 Å². The lowest BCUT2D eigenvalue weighted by Crippen LogP contribution is -2.14. The molecule has 0 spiro atoms. The number of carbonyl (C=O) groups excluding carboxylic acids is 3. The van der Waals surface area contributed by atoms with Gasteiger partial charge in [0.1, 0.15) is 17.2 Å². The number of para-hydroxylation sites is 1. The first-order chi connectivity index (χ1) is 15.0. The van der Waals surface area contributed by atoms with Crippen LogP contribution in [0.2, 0.25) is 0 Å². The van der Waals surface area contributed by atoms with Crippen LogP contribution in [0.5, 0.6) is 17.2 Å². The third kappa shape index (κ3) is 6.54. The molecule has 0 atom stereocenters. The van der Waals surface area contributed by atoms with Gasteiger partial charge in [0.05, 0.1) is 25.0 Å². The number of ether oxygens (including phenoxy) is 3. The molecule has 0 aliphatic heterocycles. The van der Waals surface area contributed by atoms with Gasteiger partial charge in [-0.1, -0.05) is 42.5 Å². The Hall–Kier alpha value is -4.44. The largest absolute Gasteiger partial charge is 0.427 e. The maximum atomic E-state index is 12.1. The second-order valence-corrected chi connectivity index (χ2v) is 6.28. The molecule has 0 saturated heterocycles. The van der Waals surface area contributed by atoms with Gasteiger partial charge in [0.2, 0.25) is 0 Å². The zero-order chi connectivity index (χ0) is 22.1. The minimum Gasteiger partial charge on any atom is -0.427 e. The van der Waals surface area contributed by atoms with Crippen molar-refractivity contribution in [3.05, 3.63) is 95.8 Å². The van der Waals surface area contributed by atoms with Crippen LogP contribution in [0.4, 0.5) is 5.69 Å². The highest BCUT2D eigenvalue weighted by Crippen LogP contribution is 2.20. The van der Waals surface area contributed by atoms with Crippen molar-refractivity contribution in [2.24, 2.45) is 0 Å². The Morgan fingerprint density at radius 2 is 1.13 bits per heavy atom. The van der Waals surface area contributed by atoms with Crippen LogP contribution in [0.25, 0.3) is 4.85 Å². The van der Waals surface area contributed by atoms with Gasteiger partial charge in [0.25, 0.3) is 0 Å². The van der Waals surface area contributed by atoms with Crippen LogP contribution in [0.15, 0.2) is 78.9 Å². The minimum atomic E-state index is -0.588. The van der Waals surface area contributed by atoms with Crippen LogP contribution >= 0.6 is 0 Å². The van der Waals surface area contributed by atoms with E-state index in [9.17, 15) is 14.4 Å². The summed E-state index contributed by atoms with van der Waals surface area (Å²) in [4.78, 5) is 39.1. The van der Waals surface area contributed by atoms with Crippen LogP contribution in [0.3, 0.4) is 0 Å². The van der Waals surface area contributed by atoms with E-state index in [2.05, 4.69) is 4.85 Å². The summed E-state index contributed by atoms with van der Waals surface area (Å²) in [5, 5.41) is 0. The van der Waals surface area contributed by atoms with E-state index >= 15 is 0 Å². The number of carbonyl (C=O) groups is 3. The summed E-state index contributed by atoms with van der Waals surface area (Å²) in [7, 11) is 0. The predicted molar refractivity (Wildman–Crippen MR) is 111 cm³/mol. The highest BCUT2D eigenvalue weighted by Gasteiger charge is 2.12. The SMILES string of the molecule is [C-]#[N+]c1ccc(C(=O)Oc2ccc(OC(=O)CCC(=O)Oc3ccccc3)cc2)cc1. The number of hydrogen-bond acceptors (Lipinski definition) is 6. The number of rotatable bonds is 7. The summed E-state index contributed by atoms with van der Waals surface area (Å²) in [6, 6.07) is 20.6. The predicted octanol–water partition coefficient (Wildman–Crippen LogP) is 4.75. The van der Waals surface area contributed by atoms with Gasteiger partial charge in [-0.15, -0.1) is 0 Å². The van der Waals surface area contributed by atoms with E-state index in [1.807, 2.05) is 0 Å². The van der Waals surface area contributed by atoms with Gasteiger partial charge in [0.15, 0.2) is 5.69 Å². The van der Waals surface area contributed by atoms with E-state index in [0.29, 0.717) is 17.0 Å². The number of benzene rings is 3. The molecule has 3 rings (SSSR count). The molecule has 0 bridgehead atoms. The van der Waals surface area contributed by atoms with Crippen LogP contribution < -0.4 is 14.2 Å². The second kappa shape index (κ2) is 10.4. The summed E-state index contributed by atoms with van der Waals surface area (Å²) in [6.45, 7) is 6.91. The molecule has 0 saturated carbocycles. The zero-order valence-corrected chi connectivity index (χ0v) is 16.3. The summed E-state index contributed by atoms with van der Waals surface area (Å²) in [6.07, 6.45) is -0.251. The fraction of sp³-hybridized carbons (Fsp3) is 0.0833. The molecule has 0 amide bonds. The van der Waals surface area contributed by atoms with Gasteiger partial charge in [-0.05, 0) is 36.4 Å². The van der Waals surface area contributed by atoms with Crippen molar-refractivity contribution in [1.82, 2.24) is 0 Å². The van der Waals surface area contributed by atoms with Crippen LogP contribution in [0, 0.1) is 6.57 Å². The lowest BCUT2D eigenvalue weighted by atomic mass is 10.2. The molecule has 0 fully saturated rings. The van der Waals surface area contributed by atoms with Crippen molar-refractivity contribution < 1.29 is 28.6 Å². The molecule has 31 heavy (non-hydrogen) atoms. The molecule has 0 aromatic heterocycles. The minimum absolute atomic E-state index is 0.115. The van der Waals surface area contributed by atoms with E-state index in [-0.39, 0.29) is 24.3 Å². The topological polar surface area (TPSA) is 83.3 Å². The Morgan fingerprint density at radius 1 is 0.645 bits per heavy atom. The van der Waals surface area contributed by atoms with Crippen molar-refractivity contribution in [1.29, 1.82) is 0 Å². The summed E-state index contributed by atoms with van der Waals surface area (Å²) in [5.74, 6) is -0.760. The van der Waals surface area contributed by atoms with Crippen molar-refractivity contribution >= 4 is 23.6 Å². The Kier molecular flexibility index (Phi) is 7.12. The summed E-state index contributed by atoms with van der Waals surface area (Å²) < 4.78 is 15.5. The second-order valence-electron chi connectivity index (χ2n) is 6.28. The maximum absolute atomic E-state index is 12.1. The van der Waals surface area contributed by atoms with E-state index in [1.165, 1.54) is 48.5 Å². The first-order valence-corrected chi connectivity index (χ1v) is 9.29. The average molecular weight is 415 g/mol. The Morgan fingerprint density at radius 3 is 1.65 bits per heavy atom. The molecule has 3 aromatic rings. The quantitative estimate of drug-likeness (QED) is 0.315. The fourth-order valence-corrected chi connectivity index (χ4v) is 2.47. The fourth-order valence-electron chi connectivity index (χ4n) is 2.47. The third-order valence-corrected chi connectivity index (χ3v) is 4.01. The normalized spacial score (nSPS) is 9.90. The Balaban J connectivity index is 1.46.